The fourth-order valence-electron chi connectivity index (χ4n) is 1.75. The van der Waals surface area contributed by atoms with E-state index in [-0.39, 0.29) is 0 Å². The molecule has 1 aliphatic rings. The minimum absolute atomic E-state index is 0.511. The summed E-state index contributed by atoms with van der Waals surface area (Å²) in [6.45, 7) is 11.0. The lowest BCUT2D eigenvalue weighted by Gasteiger charge is -2.46. The smallest absolute Gasteiger partial charge is 0.296 e. The van der Waals surface area contributed by atoms with E-state index in [4.69, 9.17) is 16.1 Å². The normalized spacial score (nSPS) is 37.1. The summed E-state index contributed by atoms with van der Waals surface area (Å²) in [6.07, 6.45) is 0. The topological polar surface area (TPSA) is 29.5 Å². The molecule has 0 spiro atoms. The van der Waals surface area contributed by atoms with Gasteiger partial charge in [-0.2, -0.15) is 0 Å². The van der Waals surface area contributed by atoms with E-state index in [1.165, 1.54) is 0 Å². The molecular formula is C11H20BrClNO2P. The average Bonchev–Trinajstić information content (AvgIpc) is 2.15. The first-order valence-corrected chi connectivity index (χ1v) is 8.56. The monoisotopic (exact) mass is 343 g/mol. The van der Waals surface area contributed by atoms with Crippen LogP contribution >= 0.6 is 35.1 Å². The van der Waals surface area contributed by atoms with Crippen LogP contribution in [0.15, 0.2) is 10.8 Å². The summed E-state index contributed by atoms with van der Waals surface area (Å²) in [7, 11) is -2.97. The van der Waals surface area contributed by atoms with Gasteiger partial charge >= 0.3 is 0 Å². The molecule has 0 bridgehead atoms. The minimum atomic E-state index is -2.97. The fraction of sp³-hybridized carbons (Fsp3) is 0.818. The van der Waals surface area contributed by atoms with Crippen LogP contribution in [0.3, 0.4) is 0 Å². The van der Waals surface area contributed by atoms with Gasteiger partial charge in [0.2, 0.25) is 0 Å². The van der Waals surface area contributed by atoms with Gasteiger partial charge in [0.25, 0.3) is 7.52 Å². The van der Waals surface area contributed by atoms with Gasteiger partial charge in [-0.15, -0.1) is 0 Å². The molecule has 2 atom stereocenters. The van der Waals surface area contributed by atoms with Crippen molar-refractivity contribution in [3.63, 3.8) is 0 Å². The molecule has 0 aromatic heterocycles. The molecule has 0 saturated heterocycles. The van der Waals surface area contributed by atoms with Gasteiger partial charge in [0, 0.05) is 23.9 Å². The molecule has 2 unspecified atom stereocenters. The van der Waals surface area contributed by atoms with Crippen LogP contribution in [0.1, 0.15) is 34.6 Å². The highest BCUT2D eigenvalue weighted by Gasteiger charge is 2.52. The highest BCUT2D eigenvalue weighted by molar-refractivity contribution is 9.10. The SMILES string of the molecule is CCN(CC)P1(=O)C=C(Cl)C(C)(Br)C(C)(C)O1. The van der Waals surface area contributed by atoms with E-state index in [9.17, 15) is 4.57 Å². The summed E-state index contributed by atoms with van der Waals surface area (Å²) < 4.78 is 20.0. The number of halogens is 2. The first-order valence-electron chi connectivity index (χ1n) is 5.74. The Morgan fingerprint density at radius 3 is 2.24 bits per heavy atom. The zero-order valence-corrected chi connectivity index (χ0v) is 14.2. The Balaban J connectivity index is 3.26. The van der Waals surface area contributed by atoms with Crippen molar-refractivity contribution in [3.8, 4) is 0 Å². The van der Waals surface area contributed by atoms with E-state index in [1.54, 1.807) is 5.82 Å². The first-order chi connectivity index (χ1) is 7.60. The molecule has 0 aromatic rings. The predicted molar refractivity (Wildman–Crippen MR) is 77.0 cm³/mol. The van der Waals surface area contributed by atoms with Gasteiger partial charge in [0.05, 0.1) is 9.93 Å². The van der Waals surface area contributed by atoms with Gasteiger partial charge < -0.3 is 4.52 Å². The van der Waals surface area contributed by atoms with Gasteiger partial charge in [0.1, 0.15) is 0 Å². The molecular weight excluding hydrogens is 324 g/mol. The van der Waals surface area contributed by atoms with E-state index in [0.29, 0.717) is 18.1 Å². The Labute approximate surface area is 117 Å². The second-order valence-electron chi connectivity index (χ2n) is 4.78. The van der Waals surface area contributed by atoms with E-state index in [2.05, 4.69) is 15.9 Å². The molecule has 6 heteroatoms. The predicted octanol–water partition coefficient (Wildman–Crippen LogP) is 4.56. The molecule has 0 aromatic carbocycles. The fourth-order valence-corrected chi connectivity index (χ4v) is 5.34. The van der Waals surface area contributed by atoms with Crippen LogP contribution in [0.4, 0.5) is 0 Å². The zero-order valence-electron chi connectivity index (χ0n) is 11.0. The maximum absolute atomic E-state index is 12.8. The lowest BCUT2D eigenvalue weighted by molar-refractivity contribution is 0.0757. The summed E-state index contributed by atoms with van der Waals surface area (Å²) in [5.41, 5.74) is -0.628. The largest absolute Gasteiger partial charge is 0.307 e. The van der Waals surface area contributed by atoms with Gasteiger partial charge in [-0.1, -0.05) is 41.4 Å². The molecule has 1 heterocycles. The van der Waals surface area contributed by atoms with Crippen LogP contribution in [0.5, 0.6) is 0 Å². The third-order valence-corrected chi connectivity index (χ3v) is 8.25. The quantitative estimate of drug-likeness (QED) is 0.555. The molecule has 100 valence electrons. The summed E-state index contributed by atoms with van der Waals surface area (Å²) in [5.74, 6) is 1.57. The lowest BCUT2D eigenvalue weighted by Crippen LogP contribution is -2.48. The van der Waals surface area contributed by atoms with Gasteiger partial charge in [-0.3, -0.25) is 4.57 Å². The third kappa shape index (κ3) is 2.66. The lowest BCUT2D eigenvalue weighted by atomic mass is 9.92. The van der Waals surface area contributed by atoms with E-state index in [1.807, 2.05) is 39.3 Å². The van der Waals surface area contributed by atoms with Crippen LogP contribution < -0.4 is 0 Å². The maximum Gasteiger partial charge on any atom is 0.296 e. The van der Waals surface area contributed by atoms with Crippen molar-refractivity contribution in [2.75, 3.05) is 13.1 Å². The summed E-state index contributed by atoms with van der Waals surface area (Å²) in [5, 5.41) is 0.545. The Kier molecular flexibility index (Phi) is 4.60. The van der Waals surface area contributed by atoms with Crippen molar-refractivity contribution >= 4 is 35.1 Å². The molecule has 0 aliphatic carbocycles. The summed E-state index contributed by atoms with van der Waals surface area (Å²) in [6, 6.07) is 0. The van der Waals surface area contributed by atoms with E-state index < -0.39 is 17.4 Å². The van der Waals surface area contributed by atoms with Crippen molar-refractivity contribution < 1.29 is 9.09 Å². The zero-order chi connectivity index (χ0) is 13.5. The van der Waals surface area contributed by atoms with Gasteiger partial charge in [-0.05, 0) is 20.8 Å². The van der Waals surface area contributed by atoms with Crippen LogP contribution in [-0.2, 0) is 9.09 Å². The van der Waals surface area contributed by atoms with Crippen LogP contribution in [0, 0.1) is 0 Å². The molecule has 1 aliphatic heterocycles. The van der Waals surface area contributed by atoms with Crippen molar-refractivity contribution in [3.05, 3.63) is 10.8 Å². The van der Waals surface area contributed by atoms with Crippen molar-refractivity contribution in [2.45, 2.75) is 44.5 Å². The number of nitrogens with zero attached hydrogens (tertiary/aromatic N) is 1. The number of alkyl halides is 1. The Hall–Kier alpha value is 0.660. The summed E-state index contributed by atoms with van der Waals surface area (Å²) >= 11 is 9.83. The molecule has 17 heavy (non-hydrogen) atoms. The van der Waals surface area contributed by atoms with Crippen LogP contribution in [-0.4, -0.2) is 27.7 Å². The Morgan fingerprint density at radius 1 is 1.41 bits per heavy atom. The average molecular weight is 345 g/mol. The maximum atomic E-state index is 12.8. The van der Waals surface area contributed by atoms with Crippen LogP contribution in [0.2, 0.25) is 0 Å². The van der Waals surface area contributed by atoms with Crippen molar-refractivity contribution in [2.24, 2.45) is 0 Å². The van der Waals surface area contributed by atoms with E-state index in [0.717, 1.165) is 0 Å². The molecule has 0 amide bonds. The molecule has 0 saturated carbocycles. The number of hydrogen-bond acceptors (Lipinski definition) is 2. The Morgan fingerprint density at radius 2 is 1.88 bits per heavy atom. The molecule has 0 N–H and O–H groups in total. The number of hydrogen-bond donors (Lipinski definition) is 0. The number of rotatable bonds is 3. The molecule has 0 fully saturated rings. The van der Waals surface area contributed by atoms with E-state index >= 15 is 0 Å². The molecule has 0 radical (unpaired) electrons. The second kappa shape index (κ2) is 4.97. The first kappa shape index (κ1) is 15.7. The third-order valence-electron chi connectivity index (χ3n) is 3.34. The van der Waals surface area contributed by atoms with Gasteiger partial charge in [-0.25, -0.2) is 4.67 Å². The summed E-state index contributed by atoms with van der Waals surface area (Å²) in [4.78, 5) is 0. The molecule has 1 rings (SSSR count). The van der Waals surface area contributed by atoms with Crippen LogP contribution in [0.25, 0.3) is 0 Å². The van der Waals surface area contributed by atoms with Crippen molar-refractivity contribution in [1.29, 1.82) is 0 Å². The Bertz CT molecular complexity index is 378. The van der Waals surface area contributed by atoms with Crippen molar-refractivity contribution in [1.82, 2.24) is 4.67 Å². The second-order valence-corrected chi connectivity index (χ2v) is 8.91. The highest BCUT2D eigenvalue weighted by Crippen LogP contribution is 2.64. The standard InChI is InChI=1S/C11H20BrClNO2P/c1-6-14(7-2)17(15)8-9(13)11(5,12)10(3,4)16-17/h8H,6-7H2,1-5H3. The minimum Gasteiger partial charge on any atom is -0.307 e. The van der Waals surface area contributed by atoms with Gasteiger partial charge in [0.15, 0.2) is 0 Å². The highest BCUT2D eigenvalue weighted by atomic mass is 79.9. The molecule has 3 nitrogen and oxygen atoms in total.